The van der Waals surface area contributed by atoms with Gasteiger partial charge in [0, 0.05) is 25.9 Å². The lowest BCUT2D eigenvalue weighted by Crippen LogP contribution is -2.41. The molecule has 0 radical (unpaired) electrons. The molecule has 1 fully saturated rings. The lowest BCUT2D eigenvalue weighted by atomic mass is 10.1. The van der Waals surface area contributed by atoms with Gasteiger partial charge in [-0.25, -0.2) is 8.42 Å². The molecule has 11 heteroatoms. The van der Waals surface area contributed by atoms with Crippen molar-refractivity contribution >= 4 is 27.3 Å². The molecular formula is C26H33N3O7S. The van der Waals surface area contributed by atoms with Crippen LogP contribution in [0.3, 0.4) is 0 Å². The summed E-state index contributed by atoms with van der Waals surface area (Å²) < 4.78 is 41.2. The number of anilines is 1. The van der Waals surface area contributed by atoms with Gasteiger partial charge in [0.1, 0.15) is 9.84 Å². The molecule has 0 aliphatic carbocycles. The van der Waals surface area contributed by atoms with Crippen LogP contribution in [0.15, 0.2) is 36.4 Å². The summed E-state index contributed by atoms with van der Waals surface area (Å²) in [7, 11) is -1.93. The van der Waals surface area contributed by atoms with Crippen molar-refractivity contribution in [2.24, 2.45) is 0 Å². The lowest BCUT2D eigenvalue weighted by molar-refractivity contribution is -0.118. The molecule has 1 unspecified atom stereocenters. The van der Waals surface area contributed by atoms with E-state index in [1.54, 1.807) is 35.2 Å². The van der Waals surface area contributed by atoms with Crippen LogP contribution >= 0.6 is 0 Å². The topological polar surface area (TPSA) is 114 Å². The Hall–Kier alpha value is -3.15. The van der Waals surface area contributed by atoms with E-state index in [0.29, 0.717) is 61.2 Å². The predicted octanol–water partition coefficient (Wildman–Crippen LogP) is 2.11. The number of fused-ring (bicyclic) bond motifs is 1. The monoisotopic (exact) mass is 531 g/mol. The largest absolute Gasteiger partial charge is 0.493 e. The van der Waals surface area contributed by atoms with Gasteiger partial charge in [-0.05, 0) is 36.2 Å². The SMILES string of the molecule is CCOc1cc(C(CS(C)(=O)=O)N2Cc3cccc(NC(=O)CN4CCOCC4)c3C2=O)ccc1OC. The van der Waals surface area contributed by atoms with Crippen LogP contribution in [0.25, 0.3) is 0 Å². The number of rotatable bonds is 10. The van der Waals surface area contributed by atoms with Gasteiger partial charge in [0.25, 0.3) is 5.91 Å². The normalized spacial score (nSPS) is 16.8. The second-order valence-electron chi connectivity index (χ2n) is 9.16. The molecule has 0 bridgehead atoms. The van der Waals surface area contributed by atoms with Crippen molar-refractivity contribution < 1.29 is 32.2 Å². The molecule has 0 spiro atoms. The van der Waals surface area contributed by atoms with Gasteiger partial charge in [-0.1, -0.05) is 18.2 Å². The van der Waals surface area contributed by atoms with Crippen LogP contribution < -0.4 is 14.8 Å². The minimum atomic E-state index is -3.46. The van der Waals surface area contributed by atoms with Crippen LogP contribution in [0.5, 0.6) is 11.5 Å². The number of amides is 2. The maximum Gasteiger partial charge on any atom is 0.257 e. The summed E-state index contributed by atoms with van der Waals surface area (Å²) >= 11 is 0. The van der Waals surface area contributed by atoms with E-state index < -0.39 is 15.9 Å². The Bertz CT molecular complexity index is 1260. The summed E-state index contributed by atoms with van der Waals surface area (Å²) in [6, 6.07) is 9.73. The van der Waals surface area contributed by atoms with Gasteiger partial charge in [-0.2, -0.15) is 0 Å². The highest BCUT2D eigenvalue weighted by Crippen LogP contribution is 2.38. The zero-order chi connectivity index (χ0) is 26.6. The number of sulfone groups is 1. The second-order valence-corrected chi connectivity index (χ2v) is 11.3. The molecular weight excluding hydrogens is 498 g/mol. The molecule has 1 saturated heterocycles. The molecule has 37 heavy (non-hydrogen) atoms. The van der Waals surface area contributed by atoms with Crippen molar-refractivity contribution in [3.63, 3.8) is 0 Å². The van der Waals surface area contributed by atoms with Gasteiger partial charge in [0.2, 0.25) is 5.91 Å². The molecule has 1 N–H and O–H groups in total. The Balaban J connectivity index is 1.62. The molecule has 1 atom stereocenters. The smallest absolute Gasteiger partial charge is 0.257 e. The van der Waals surface area contributed by atoms with E-state index in [2.05, 4.69) is 5.32 Å². The summed E-state index contributed by atoms with van der Waals surface area (Å²) in [6.45, 7) is 5.18. The molecule has 0 saturated carbocycles. The van der Waals surface area contributed by atoms with E-state index in [1.165, 1.54) is 7.11 Å². The first-order chi connectivity index (χ1) is 17.7. The van der Waals surface area contributed by atoms with E-state index in [4.69, 9.17) is 14.2 Å². The third kappa shape index (κ3) is 6.41. The first-order valence-electron chi connectivity index (χ1n) is 12.2. The van der Waals surface area contributed by atoms with Crippen LogP contribution in [0.4, 0.5) is 5.69 Å². The van der Waals surface area contributed by atoms with Crippen LogP contribution in [0, 0.1) is 0 Å². The molecule has 2 aliphatic rings. The van der Waals surface area contributed by atoms with Gasteiger partial charge in [-0.3, -0.25) is 14.5 Å². The number of hydrogen-bond donors (Lipinski definition) is 1. The standard InChI is InChI=1S/C26H33N3O7S/c1-4-36-23-14-18(8-9-22(23)34-2)21(17-37(3,32)33)29-15-19-6-5-7-20(25(19)26(29)31)27-24(30)16-28-10-12-35-13-11-28/h5-9,14,21H,4,10-13,15-17H2,1-3H3,(H,27,30). The minimum absolute atomic E-state index is 0.202. The molecule has 2 aliphatic heterocycles. The van der Waals surface area contributed by atoms with E-state index >= 15 is 0 Å². The van der Waals surface area contributed by atoms with E-state index in [0.717, 1.165) is 11.8 Å². The quantitative estimate of drug-likeness (QED) is 0.496. The maximum atomic E-state index is 13.7. The van der Waals surface area contributed by atoms with Gasteiger partial charge in [-0.15, -0.1) is 0 Å². The molecule has 2 aromatic rings. The van der Waals surface area contributed by atoms with E-state index in [9.17, 15) is 18.0 Å². The fourth-order valence-electron chi connectivity index (χ4n) is 4.71. The first kappa shape index (κ1) is 26.9. The number of methoxy groups -OCH3 is 1. The zero-order valence-electron chi connectivity index (χ0n) is 21.4. The van der Waals surface area contributed by atoms with Gasteiger partial charge < -0.3 is 24.4 Å². The number of benzene rings is 2. The van der Waals surface area contributed by atoms with Crippen molar-refractivity contribution in [2.45, 2.75) is 19.5 Å². The zero-order valence-corrected chi connectivity index (χ0v) is 22.2. The highest BCUT2D eigenvalue weighted by molar-refractivity contribution is 7.90. The first-order valence-corrected chi connectivity index (χ1v) is 14.3. The minimum Gasteiger partial charge on any atom is -0.493 e. The number of hydrogen-bond acceptors (Lipinski definition) is 8. The Morgan fingerprint density at radius 2 is 1.92 bits per heavy atom. The average Bonchev–Trinajstić information content (AvgIpc) is 3.20. The maximum absolute atomic E-state index is 13.7. The van der Waals surface area contributed by atoms with Crippen molar-refractivity contribution in [1.29, 1.82) is 0 Å². The average molecular weight is 532 g/mol. The van der Waals surface area contributed by atoms with Gasteiger partial charge in [0.15, 0.2) is 11.5 Å². The Kier molecular flexibility index (Phi) is 8.35. The number of nitrogens with zero attached hydrogens (tertiary/aromatic N) is 2. The fraction of sp³-hybridized carbons (Fsp3) is 0.462. The van der Waals surface area contributed by atoms with Crippen molar-refractivity contribution in [1.82, 2.24) is 9.80 Å². The number of nitrogens with one attached hydrogen (secondary N) is 1. The number of carbonyl (C=O) groups excluding carboxylic acids is 2. The summed E-state index contributed by atoms with van der Waals surface area (Å²) in [5.74, 6) is 0.181. The Morgan fingerprint density at radius 1 is 1.16 bits per heavy atom. The lowest BCUT2D eigenvalue weighted by Gasteiger charge is -2.28. The molecule has 0 aromatic heterocycles. The fourth-order valence-corrected chi connectivity index (χ4v) is 5.66. The molecule has 4 rings (SSSR count). The number of morpholine rings is 1. The molecule has 2 heterocycles. The highest BCUT2D eigenvalue weighted by Gasteiger charge is 2.37. The Labute approximate surface area is 217 Å². The molecule has 2 amide bonds. The van der Waals surface area contributed by atoms with Gasteiger partial charge >= 0.3 is 0 Å². The van der Waals surface area contributed by atoms with Crippen LogP contribution in [-0.2, 0) is 25.9 Å². The van der Waals surface area contributed by atoms with Crippen LogP contribution in [-0.4, -0.2) is 88.6 Å². The summed E-state index contributed by atoms with van der Waals surface area (Å²) in [5.41, 5.74) is 2.15. The third-order valence-electron chi connectivity index (χ3n) is 6.42. The molecule has 200 valence electrons. The second kappa shape index (κ2) is 11.5. The molecule has 2 aromatic carbocycles. The van der Waals surface area contributed by atoms with Crippen molar-refractivity contribution in [3.8, 4) is 11.5 Å². The number of carbonyl (C=O) groups is 2. The van der Waals surface area contributed by atoms with Crippen LogP contribution in [0.1, 0.15) is 34.5 Å². The molecule has 10 nitrogen and oxygen atoms in total. The van der Waals surface area contributed by atoms with Crippen LogP contribution in [0.2, 0.25) is 0 Å². The highest BCUT2D eigenvalue weighted by atomic mass is 32.2. The summed E-state index contributed by atoms with van der Waals surface area (Å²) in [6.07, 6.45) is 1.15. The number of ether oxygens (including phenoxy) is 3. The van der Waals surface area contributed by atoms with Crippen molar-refractivity contribution in [2.75, 3.05) is 63.9 Å². The Morgan fingerprint density at radius 3 is 2.59 bits per heavy atom. The summed E-state index contributed by atoms with van der Waals surface area (Å²) in [5, 5.41) is 2.88. The third-order valence-corrected chi connectivity index (χ3v) is 7.34. The van der Waals surface area contributed by atoms with Crippen molar-refractivity contribution in [3.05, 3.63) is 53.1 Å². The predicted molar refractivity (Wildman–Crippen MR) is 139 cm³/mol. The van der Waals surface area contributed by atoms with Gasteiger partial charge in [0.05, 0.1) is 56.5 Å². The van der Waals surface area contributed by atoms with E-state index in [1.807, 2.05) is 17.9 Å². The van der Waals surface area contributed by atoms with E-state index in [-0.39, 0.29) is 30.7 Å². The summed E-state index contributed by atoms with van der Waals surface area (Å²) in [4.78, 5) is 30.0.